The molecule has 0 heterocycles. The molecule has 0 aromatic heterocycles. The molecule has 0 aliphatic carbocycles. The van der Waals surface area contributed by atoms with Crippen LogP contribution in [0.4, 0.5) is 0 Å². The third-order valence-corrected chi connectivity index (χ3v) is 2.18. The van der Waals surface area contributed by atoms with Crippen molar-refractivity contribution in [2.75, 3.05) is 13.2 Å². The summed E-state index contributed by atoms with van der Waals surface area (Å²) in [6.45, 7) is 3.74. The van der Waals surface area contributed by atoms with E-state index >= 15 is 0 Å². The van der Waals surface area contributed by atoms with Gasteiger partial charge in [-0.1, -0.05) is 17.7 Å². The van der Waals surface area contributed by atoms with Crippen molar-refractivity contribution < 1.29 is 19.4 Å². The smallest absolute Gasteiger partial charge is 0.344 e. The number of carbonyl (C=O) groups excluding carboxylic acids is 1. The minimum atomic E-state index is -0.416. The first-order chi connectivity index (χ1) is 8.61. The Morgan fingerprint density at radius 1 is 1.22 bits per heavy atom. The fourth-order valence-corrected chi connectivity index (χ4v) is 1.17. The molecule has 0 spiro atoms. The van der Waals surface area contributed by atoms with E-state index < -0.39 is 5.97 Å². The van der Waals surface area contributed by atoms with Crippen molar-refractivity contribution in [3.8, 4) is 5.75 Å². The van der Waals surface area contributed by atoms with Crippen LogP contribution in [0.5, 0.6) is 5.75 Å². The molecule has 0 N–H and O–H groups in total. The summed E-state index contributed by atoms with van der Waals surface area (Å²) in [4.78, 5) is 11.3. The quantitative estimate of drug-likeness (QED) is 0.575. The largest absolute Gasteiger partial charge is 0.482 e. The van der Waals surface area contributed by atoms with Crippen molar-refractivity contribution in [1.29, 1.82) is 0 Å². The van der Waals surface area contributed by atoms with E-state index in [1.807, 2.05) is 19.9 Å². The highest BCUT2D eigenvalue weighted by molar-refractivity contribution is 5.71. The predicted octanol–water partition coefficient (Wildman–Crippen LogP) is 2.51. The minimum Gasteiger partial charge on any atom is -0.482 e. The first-order valence-electron chi connectivity index (χ1n) is 5.70. The molecule has 0 bridgehead atoms. The van der Waals surface area contributed by atoms with Crippen LogP contribution in [0, 0.1) is 0 Å². The number of rotatable bonds is 6. The van der Waals surface area contributed by atoms with Crippen LogP contribution in [-0.2, 0) is 21.2 Å². The van der Waals surface area contributed by atoms with Gasteiger partial charge in [0.05, 0.1) is 0 Å². The molecule has 0 saturated heterocycles. The minimum absolute atomic E-state index is 0.132. The van der Waals surface area contributed by atoms with Crippen LogP contribution in [0.1, 0.15) is 19.4 Å². The first-order valence-corrected chi connectivity index (χ1v) is 5.70. The summed E-state index contributed by atoms with van der Waals surface area (Å²) >= 11 is 0. The van der Waals surface area contributed by atoms with Gasteiger partial charge in [0, 0.05) is 0 Å². The highest BCUT2D eigenvalue weighted by atomic mass is 16.6. The van der Waals surface area contributed by atoms with Gasteiger partial charge in [-0.15, -0.1) is 0 Å². The van der Waals surface area contributed by atoms with E-state index in [1.54, 1.807) is 24.3 Å². The summed E-state index contributed by atoms with van der Waals surface area (Å²) in [5.74, 6) is 0.131. The fraction of sp³-hybridized carbons (Fsp3) is 0.357. The van der Waals surface area contributed by atoms with Crippen LogP contribution in [0.2, 0.25) is 0 Å². The molecule has 1 radical (unpaired) electrons. The van der Waals surface area contributed by atoms with Crippen molar-refractivity contribution in [1.82, 2.24) is 0 Å². The molecule has 0 aliphatic heterocycles. The molecular weight excluding hydrogens is 232 g/mol. The Hall–Kier alpha value is -1.81. The number of hydrogen-bond donors (Lipinski definition) is 0. The van der Waals surface area contributed by atoms with Gasteiger partial charge in [-0.3, -0.25) is 0 Å². The van der Waals surface area contributed by atoms with Crippen LogP contribution in [0.15, 0.2) is 35.9 Å². The standard InChI is InChI=1S/C14H17O4/c1-11(2)7-8-17-14(16)10-18-13-5-3-12(9-15)4-6-13/h3-7H,8-10H2,1-2H3. The van der Waals surface area contributed by atoms with Crippen LogP contribution in [0.25, 0.3) is 0 Å². The van der Waals surface area contributed by atoms with E-state index in [0.717, 1.165) is 5.57 Å². The zero-order valence-corrected chi connectivity index (χ0v) is 10.6. The Kier molecular flexibility index (Phi) is 5.94. The van der Waals surface area contributed by atoms with E-state index in [0.29, 0.717) is 11.3 Å². The summed E-state index contributed by atoms with van der Waals surface area (Å²) in [6.07, 6.45) is 1.82. The molecule has 0 unspecified atom stereocenters. The van der Waals surface area contributed by atoms with E-state index in [1.165, 1.54) is 0 Å². The van der Waals surface area contributed by atoms with Crippen molar-refractivity contribution in [2.45, 2.75) is 20.5 Å². The SMILES string of the molecule is CC(C)=CCOC(=O)COc1ccc(C[O])cc1. The lowest BCUT2D eigenvalue weighted by molar-refractivity contribution is -0.144. The normalized spacial score (nSPS) is 9.72. The maximum atomic E-state index is 11.3. The Morgan fingerprint density at radius 3 is 2.44 bits per heavy atom. The zero-order chi connectivity index (χ0) is 13.4. The third kappa shape index (κ3) is 5.50. The van der Waals surface area contributed by atoms with Crippen molar-refractivity contribution in [3.63, 3.8) is 0 Å². The Morgan fingerprint density at radius 2 is 1.89 bits per heavy atom. The van der Waals surface area contributed by atoms with Gasteiger partial charge in [-0.2, -0.15) is 0 Å². The van der Waals surface area contributed by atoms with Gasteiger partial charge in [0.25, 0.3) is 0 Å². The second kappa shape index (κ2) is 7.50. The predicted molar refractivity (Wildman–Crippen MR) is 66.7 cm³/mol. The number of ether oxygens (including phenoxy) is 2. The first kappa shape index (κ1) is 14.3. The van der Waals surface area contributed by atoms with Crippen molar-refractivity contribution in [2.24, 2.45) is 0 Å². The van der Waals surface area contributed by atoms with E-state index in [4.69, 9.17) is 9.47 Å². The second-order valence-electron chi connectivity index (χ2n) is 4.04. The van der Waals surface area contributed by atoms with Gasteiger partial charge >= 0.3 is 5.97 Å². The number of allylic oxidation sites excluding steroid dienone is 1. The molecule has 0 saturated carbocycles. The highest BCUT2D eigenvalue weighted by Gasteiger charge is 2.03. The van der Waals surface area contributed by atoms with E-state index in [9.17, 15) is 9.90 Å². The number of benzene rings is 1. The van der Waals surface area contributed by atoms with E-state index in [-0.39, 0.29) is 19.8 Å². The topological polar surface area (TPSA) is 55.4 Å². The van der Waals surface area contributed by atoms with E-state index in [2.05, 4.69) is 0 Å². The molecular formula is C14H17O4. The maximum Gasteiger partial charge on any atom is 0.344 e. The summed E-state index contributed by atoms with van der Waals surface area (Å²) in [6, 6.07) is 6.68. The van der Waals surface area contributed by atoms with Crippen LogP contribution in [0.3, 0.4) is 0 Å². The number of esters is 1. The van der Waals surface area contributed by atoms with Crippen molar-refractivity contribution in [3.05, 3.63) is 41.5 Å². The lowest BCUT2D eigenvalue weighted by Gasteiger charge is -2.06. The average Bonchev–Trinajstić information content (AvgIpc) is 2.36. The van der Waals surface area contributed by atoms with Crippen LogP contribution in [-0.4, -0.2) is 19.2 Å². The second-order valence-corrected chi connectivity index (χ2v) is 4.04. The lowest BCUT2D eigenvalue weighted by Crippen LogP contribution is -2.14. The van der Waals surface area contributed by atoms with Gasteiger partial charge in [0.1, 0.15) is 19.0 Å². The molecule has 1 aromatic rings. The maximum absolute atomic E-state index is 11.3. The monoisotopic (exact) mass is 249 g/mol. The number of carbonyl (C=O) groups is 1. The van der Waals surface area contributed by atoms with Crippen LogP contribution >= 0.6 is 0 Å². The summed E-state index contributed by atoms with van der Waals surface area (Å²) in [5.41, 5.74) is 1.78. The molecule has 4 heteroatoms. The molecule has 0 fully saturated rings. The lowest BCUT2D eigenvalue weighted by atomic mass is 10.2. The Labute approximate surface area is 107 Å². The molecule has 97 valence electrons. The molecule has 4 nitrogen and oxygen atoms in total. The van der Waals surface area contributed by atoms with Crippen LogP contribution < -0.4 is 4.74 Å². The summed E-state index contributed by atoms with van der Waals surface area (Å²) in [7, 11) is 0. The van der Waals surface area contributed by atoms with Gasteiger partial charge < -0.3 is 9.47 Å². The van der Waals surface area contributed by atoms with Gasteiger partial charge in [0.2, 0.25) is 0 Å². The molecule has 1 rings (SSSR count). The molecule has 0 amide bonds. The zero-order valence-electron chi connectivity index (χ0n) is 10.6. The Balaban J connectivity index is 2.31. The summed E-state index contributed by atoms with van der Waals surface area (Å²) in [5, 5.41) is 10.6. The van der Waals surface area contributed by atoms with Gasteiger partial charge in [-0.25, -0.2) is 9.90 Å². The fourth-order valence-electron chi connectivity index (χ4n) is 1.17. The third-order valence-electron chi connectivity index (χ3n) is 2.18. The average molecular weight is 249 g/mol. The Bertz CT molecular complexity index is 402. The van der Waals surface area contributed by atoms with Crippen molar-refractivity contribution >= 4 is 5.97 Å². The van der Waals surface area contributed by atoms with Gasteiger partial charge in [-0.05, 0) is 37.6 Å². The molecule has 1 aromatic carbocycles. The number of hydrogen-bond acceptors (Lipinski definition) is 3. The van der Waals surface area contributed by atoms with Gasteiger partial charge in [0.15, 0.2) is 6.61 Å². The molecule has 0 aliphatic rings. The summed E-state index contributed by atoms with van der Waals surface area (Å²) < 4.78 is 10.2. The molecule has 18 heavy (non-hydrogen) atoms. The highest BCUT2D eigenvalue weighted by Crippen LogP contribution is 2.12. The molecule has 0 atom stereocenters.